The highest BCUT2D eigenvalue weighted by Gasteiger charge is 2.50. The molecule has 0 unspecified atom stereocenters. The molecule has 0 aliphatic heterocycles. The van der Waals surface area contributed by atoms with Crippen molar-refractivity contribution in [2.75, 3.05) is 6.54 Å². The third-order valence-electron chi connectivity index (χ3n) is 6.34. The Bertz CT molecular complexity index is 733. The molecule has 4 aliphatic carbocycles. The van der Waals surface area contributed by atoms with E-state index in [9.17, 15) is 4.79 Å². The van der Waals surface area contributed by atoms with E-state index in [1.807, 2.05) is 16.8 Å². The monoisotopic (exact) mass is 357 g/mol. The van der Waals surface area contributed by atoms with Gasteiger partial charge in [0.25, 0.3) is 0 Å². The van der Waals surface area contributed by atoms with Crippen molar-refractivity contribution in [3.05, 3.63) is 16.8 Å². The number of carbonyl (C=O) groups is 1. The largest absolute Gasteiger partial charge is 0.354 e. The Morgan fingerprint density at radius 1 is 1.24 bits per heavy atom. The minimum absolute atomic E-state index is 0.00925. The predicted molar refractivity (Wildman–Crippen MR) is 94.7 cm³/mol. The lowest BCUT2D eigenvalue weighted by Crippen LogP contribution is -2.51. The number of amides is 1. The van der Waals surface area contributed by atoms with Crippen LogP contribution < -0.4 is 5.32 Å². The second-order valence-electron chi connectivity index (χ2n) is 8.35. The Balaban J connectivity index is 1.19. The second kappa shape index (κ2) is 5.90. The van der Waals surface area contributed by atoms with Crippen LogP contribution in [0.3, 0.4) is 0 Å². The van der Waals surface area contributed by atoms with E-state index in [-0.39, 0.29) is 12.5 Å². The van der Waals surface area contributed by atoms with Crippen molar-refractivity contribution >= 4 is 17.2 Å². The van der Waals surface area contributed by atoms with Gasteiger partial charge in [-0.2, -0.15) is 16.1 Å². The molecule has 7 heteroatoms. The molecular formula is C18H23N5OS. The van der Waals surface area contributed by atoms with Crippen LogP contribution in [0, 0.1) is 23.2 Å². The summed E-state index contributed by atoms with van der Waals surface area (Å²) in [5, 5.41) is 19.5. The fourth-order valence-corrected chi connectivity index (χ4v) is 6.43. The lowest BCUT2D eigenvalue weighted by molar-refractivity contribution is -0.124. The molecule has 0 spiro atoms. The molecular weight excluding hydrogens is 334 g/mol. The van der Waals surface area contributed by atoms with E-state index < -0.39 is 0 Å². The molecule has 4 aliphatic rings. The summed E-state index contributed by atoms with van der Waals surface area (Å²) in [6, 6.07) is 1.96. The van der Waals surface area contributed by atoms with E-state index >= 15 is 0 Å². The molecule has 25 heavy (non-hydrogen) atoms. The first-order valence-electron chi connectivity index (χ1n) is 9.25. The summed E-state index contributed by atoms with van der Waals surface area (Å²) in [6.07, 6.45) is 8.22. The van der Waals surface area contributed by atoms with Crippen LogP contribution in [-0.2, 0) is 11.3 Å². The third kappa shape index (κ3) is 2.99. The van der Waals surface area contributed by atoms with Gasteiger partial charge in [0.15, 0.2) is 0 Å². The molecule has 6 rings (SSSR count). The van der Waals surface area contributed by atoms with E-state index in [0.717, 1.165) is 29.9 Å². The van der Waals surface area contributed by atoms with Crippen LogP contribution in [0.25, 0.3) is 11.4 Å². The number of nitrogens with zero attached hydrogens (tertiary/aromatic N) is 4. The van der Waals surface area contributed by atoms with Crippen LogP contribution >= 0.6 is 11.3 Å². The Kier molecular flexibility index (Phi) is 3.66. The van der Waals surface area contributed by atoms with Gasteiger partial charge in [0.05, 0.1) is 0 Å². The molecule has 0 atom stereocenters. The van der Waals surface area contributed by atoms with Crippen LogP contribution in [0.4, 0.5) is 0 Å². The van der Waals surface area contributed by atoms with E-state index in [0.29, 0.717) is 11.2 Å². The topological polar surface area (TPSA) is 72.7 Å². The van der Waals surface area contributed by atoms with Gasteiger partial charge < -0.3 is 5.32 Å². The summed E-state index contributed by atoms with van der Waals surface area (Å²) in [6.45, 7) is 0.963. The van der Waals surface area contributed by atoms with Gasteiger partial charge in [-0.3, -0.25) is 4.79 Å². The lowest BCUT2D eigenvalue weighted by Gasteiger charge is -2.56. The van der Waals surface area contributed by atoms with Gasteiger partial charge in [0.2, 0.25) is 11.7 Å². The second-order valence-corrected chi connectivity index (χ2v) is 9.13. The molecule has 2 aromatic heterocycles. The SMILES string of the molecule is O=C(Cn1nnc(-c2ccsc2)n1)NCC12CC3CC(CC(C3)C1)C2. The zero-order valence-corrected chi connectivity index (χ0v) is 15.0. The van der Waals surface area contributed by atoms with Crippen LogP contribution in [0.2, 0.25) is 0 Å². The molecule has 6 nitrogen and oxygen atoms in total. The minimum atomic E-state index is -0.00925. The highest BCUT2D eigenvalue weighted by atomic mass is 32.1. The van der Waals surface area contributed by atoms with Crippen LogP contribution in [-0.4, -0.2) is 32.7 Å². The molecule has 132 valence electrons. The fourth-order valence-electron chi connectivity index (χ4n) is 5.79. The van der Waals surface area contributed by atoms with Crippen molar-refractivity contribution < 1.29 is 4.79 Å². The van der Waals surface area contributed by atoms with E-state index in [4.69, 9.17) is 0 Å². The quantitative estimate of drug-likeness (QED) is 0.893. The van der Waals surface area contributed by atoms with Gasteiger partial charge in [-0.05, 0) is 78.4 Å². The molecule has 1 N–H and O–H groups in total. The minimum Gasteiger partial charge on any atom is -0.354 e. The number of tetrazole rings is 1. The van der Waals surface area contributed by atoms with Gasteiger partial charge in [-0.25, -0.2) is 0 Å². The summed E-state index contributed by atoms with van der Waals surface area (Å²) in [4.78, 5) is 13.8. The molecule has 0 radical (unpaired) electrons. The van der Waals surface area contributed by atoms with Gasteiger partial charge in [-0.1, -0.05) is 0 Å². The van der Waals surface area contributed by atoms with E-state index in [1.165, 1.54) is 43.3 Å². The maximum Gasteiger partial charge on any atom is 0.243 e. The Labute approximate surface area is 151 Å². The van der Waals surface area contributed by atoms with Gasteiger partial charge >= 0.3 is 0 Å². The first-order valence-corrected chi connectivity index (χ1v) is 10.2. The smallest absolute Gasteiger partial charge is 0.243 e. The number of rotatable bonds is 5. The van der Waals surface area contributed by atoms with E-state index in [2.05, 4.69) is 20.7 Å². The number of hydrogen-bond donors (Lipinski definition) is 1. The Hall–Kier alpha value is -1.76. The standard InChI is InChI=1S/C18H23N5OS/c24-16(9-23-21-17(20-22-23)15-1-2-25-10-15)19-11-18-6-12-3-13(7-18)5-14(4-12)8-18/h1-2,10,12-14H,3-9,11H2,(H,19,24). The average Bonchev–Trinajstić information content (AvgIpc) is 3.23. The normalized spacial score (nSPS) is 32.9. The maximum atomic E-state index is 12.4. The Morgan fingerprint density at radius 2 is 1.96 bits per heavy atom. The summed E-state index contributed by atoms with van der Waals surface area (Å²) >= 11 is 1.60. The number of aromatic nitrogens is 4. The molecule has 0 aromatic carbocycles. The van der Waals surface area contributed by atoms with Crippen LogP contribution in [0.1, 0.15) is 38.5 Å². The van der Waals surface area contributed by atoms with Crippen molar-refractivity contribution in [2.24, 2.45) is 23.2 Å². The van der Waals surface area contributed by atoms with Crippen LogP contribution in [0.15, 0.2) is 16.8 Å². The average molecular weight is 357 g/mol. The summed E-state index contributed by atoms with van der Waals surface area (Å²) < 4.78 is 0. The summed E-state index contributed by atoms with van der Waals surface area (Å²) in [5.74, 6) is 3.30. The first-order chi connectivity index (χ1) is 12.2. The number of hydrogen-bond acceptors (Lipinski definition) is 5. The number of thiophene rings is 1. The number of nitrogens with one attached hydrogen (secondary N) is 1. The predicted octanol–water partition coefficient (Wildman–Crippen LogP) is 2.73. The summed E-state index contributed by atoms with van der Waals surface area (Å²) in [7, 11) is 0. The fraction of sp³-hybridized carbons (Fsp3) is 0.667. The van der Waals surface area contributed by atoms with Crippen molar-refractivity contribution in [2.45, 2.75) is 45.1 Å². The Morgan fingerprint density at radius 3 is 2.60 bits per heavy atom. The molecule has 4 saturated carbocycles. The molecule has 1 amide bonds. The first kappa shape index (κ1) is 15.5. The molecule has 4 bridgehead atoms. The van der Waals surface area contributed by atoms with Crippen molar-refractivity contribution in [3.63, 3.8) is 0 Å². The highest BCUT2D eigenvalue weighted by Crippen LogP contribution is 2.59. The van der Waals surface area contributed by atoms with Gasteiger partial charge in [-0.15, -0.1) is 10.2 Å². The molecule has 0 saturated heterocycles. The third-order valence-corrected chi connectivity index (χ3v) is 7.03. The molecule has 2 heterocycles. The maximum absolute atomic E-state index is 12.4. The highest BCUT2D eigenvalue weighted by molar-refractivity contribution is 7.08. The zero-order chi connectivity index (χ0) is 16.9. The molecule has 4 fully saturated rings. The zero-order valence-electron chi connectivity index (χ0n) is 14.2. The van der Waals surface area contributed by atoms with Crippen molar-refractivity contribution in [3.8, 4) is 11.4 Å². The van der Waals surface area contributed by atoms with Crippen molar-refractivity contribution in [1.82, 2.24) is 25.5 Å². The van der Waals surface area contributed by atoms with E-state index in [1.54, 1.807) is 11.3 Å². The van der Waals surface area contributed by atoms with Gasteiger partial charge in [0, 0.05) is 17.5 Å². The number of carbonyl (C=O) groups excluding carboxylic acids is 1. The lowest BCUT2D eigenvalue weighted by atomic mass is 9.49. The summed E-state index contributed by atoms with van der Waals surface area (Å²) in [5.41, 5.74) is 1.31. The molecule has 2 aromatic rings. The van der Waals surface area contributed by atoms with Crippen molar-refractivity contribution in [1.29, 1.82) is 0 Å². The van der Waals surface area contributed by atoms with Gasteiger partial charge in [0.1, 0.15) is 6.54 Å². The van der Waals surface area contributed by atoms with Crippen LogP contribution in [0.5, 0.6) is 0 Å².